The van der Waals surface area contributed by atoms with Crippen molar-refractivity contribution in [2.45, 2.75) is 45.1 Å². The zero-order chi connectivity index (χ0) is 12.9. The van der Waals surface area contributed by atoms with Gasteiger partial charge < -0.3 is 9.84 Å². The molecule has 0 radical (unpaired) electrons. The molecule has 0 aromatic heterocycles. The fourth-order valence-electron chi connectivity index (χ4n) is 5.38. The summed E-state index contributed by atoms with van der Waals surface area (Å²) in [6, 6.07) is 0. The highest BCUT2D eigenvalue weighted by Crippen LogP contribution is 2.66. The molecule has 0 saturated heterocycles. The molecule has 0 aromatic carbocycles. The summed E-state index contributed by atoms with van der Waals surface area (Å²) < 4.78 is 5.78. The highest BCUT2D eigenvalue weighted by Gasteiger charge is 2.63. The third-order valence-corrected chi connectivity index (χ3v) is 6.39. The van der Waals surface area contributed by atoms with Gasteiger partial charge in [0.2, 0.25) is 0 Å². The lowest BCUT2D eigenvalue weighted by molar-refractivity contribution is 0.0321. The van der Waals surface area contributed by atoms with Crippen LogP contribution in [0, 0.1) is 29.1 Å². The smallest absolute Gasteiger partial charge is 0.0676 e. The Kier molecular flexibility index (Phi) is 3.06. The molecule has 0 unspecified atom stereocenters. The quantitative estimate of drug-likeness (QED) is 0.780. The molecule has 0 aromatic rings. The first-order chi connectivity index (χ1) is 8.64. The molecule has 3 aliphatic rings. The largest absolute Gasteiger partial charge is 0.396 e. The molecule has 0 aliphatic heterocycles. The molecule has 3 fully saturated rings. The van der Waals surface area contributed by atoms with Crippen LogP contribution in [-0.4, -0.2) is 24.9 Å². The number of hydrogen-bond donors (Lipinski definition) is 1. The van der Waals surface area contributed by atoms with E-state index in [4.69, 9.17) is 4.74 Å². The van der Waals surface area contributed by atoms with Crippen LogP contribution in [0.1, 0.15) is 39.0 Å². The van der Waals surface area contributed by atoms with Gasteiger partial charge in [0.25, 0.3) is 0 Å². The number of hydrogen-bond acceptors (Lipinski definition) is 2. The van der Waals surface area contributed by atoms with Crippen molar-refractivity contribution in [1.29, 1.82) is 0 Å². The first-order valence-electron chi connectivity index (χ1n) is 7.47. The maximum absolute atomic E-state index is 9.56. The van der Waals surface area contributed by atoms with Gasteiger partial charge in [0.05, 0.1) is 6.10 Å². The monoisotopic (exact) mass is 250 g/mol. The third-order valence-electron chi connectivity index (χ3n) is 6.39. The van der Waals surface area contributed by atoms with E-state index in [1.165, 1.54) is 31.3 Å². The molecule has 18 heavy (non-hydrogen) atoms. The maximum Gasteiger partial charge on any atom is 0.0676 e. The van der Waals surface area contributed by atoms with Gasteiger partial charge in [0.1, 0.15) is 0 Å². The van der Waals surface area contributed by atoms with Gasteiger partial charge in [0.15, 0.2) is 0 Å². The molecule has 1 N–H and O–H groups in total. The summed E-state index contributed by atoms with van der Waals surface area (Å²) in [4.78, 5) is 0. The summed E-state index contributed by atoms with van der Waals surface area (Å²) >= 11 is 0. The molecule has 2 bridgehead atoms. The number of aliphatic hydroxyl groups is 1. The summed E-state index contributed by atoms with van der Waals surface area (Å²) in [7, 11) is 1.83. The number of methoxy groups -OCH3 is 1. The van der Waals surface area contributed by atoms with Crippen LogP contribution in [0.15, 0.2) is 12.2 Å². The van der Waals surface area contributed by atoms with Gasteiger partial charge >= 0.3 is 0 Å². The fourth-order valence-corrected chi connectivity index (χ4v) is 5.38. The van der Waals surface area contributed by atoms with Crippen molar-refractivity contribution in [2.24, 2.45) is 29.1 Å². The van der Waals surface area contributed by atoms with E-state index in [9.17, 15) is 5.11 Å². The van der Waals surface area contributed by atoms with Crippen LogP contribution < -0.4 is 0 Å². The molecule has 3 aliphatic carbocycles. The predicted octanol–water partition coefficient (Wildman–Crippen LogP) is 3.01. The molecule has 0 heterocycles. The Bertz CT molecular complexity index is 345. The van der Waals surface area contributed by atoms with Gasteiger partial charge in [-0.05, 0) is 42.4 Å². The summed E-state index contributed by atoms with van der Waals surface area (Å²) in [5, 5.41) is 9.56. The van der Waals surface area contributed by atoms with E-state index in [-0.39, 0.29) is 5.41 Å². The Morgan fingerprint density at radius 3 is 2.61 bits per heavy atom. The van der Waals surface area contributed by atoms with Crippen molar-refractivity contribution >= 4 is 0 Å². The highest BCUT2D eigenvalue weighted by atomic mass is 16.5. The number of ether oxygens (including phenoxy) is 1. The maximum atomic E-state index is 9.56. The number of aliphatic hydroxyl groups excluding tert-OH is 1. The second-order valence-electron chi connectivity index (χ2n) is 6.80. The van der Waals surface area contributed by atoms with E-state index < -0.39 is 0 Å². The van der Waals surface area contributed by atoms with E-state index in [1.807, 2.05) is 7.11 Å². The number of rotatable bonds is 3. The van der Waals surface area contributed by atoms with Crippen molar-refractivity contribution in [3.05, 3.63) is 12.2 Å². The average Bonchev–Trinajstić information content (AvgIpc) is 3.06. The van der Waals surface area contributed by atoms with Crippen LogP contribution in [0.2, 0.25) is 0 Å². The van der Waals surface area contributed by atoms with E-state index in [0.717, 1.165) is 12.3 Å². The second-order valence-corrected chi connectivity index (χ2v) is 6.80. The first kappa shape index (κ1) is 12.7. The van der Waals surface area contributed by atoms with Crippen molar-refractivity contribution in [3.8, 4) is 0 Å². The predicted molar refractivity (Wildman–Crippen MR) is 72.2 cm³/mol. The summed E-state index contributed by atoms with van der Waals surface area (Å²) in [5.41, 5.74) is 1.66. The Labute approximate surface area is 110 Å². The van der Waals surface area contributed by atoms with Gasteiger partial charge in [-0.25, -0.2) is 0 Å². The zero-order valence-corrected chi connectivity index (χ0v) is 11.7. The highest BCUT2D eigenvalue weighted by molar-refractivity contribution is 5.31. The molecule has 3 saturated carbocycles. The van der Waals surface area contributed by atoms with Crippen molar-refractivity contribution in [2.75, 3.05) is 13.7 Å². The van der Waals surface area contributed by atoms with Gasteiger partial charge in [-0.1, -0.05) is 31.9 Å². The Morgan fingerprint density at radius 1 is 1.39 bits per heavy atom. The van der Waals surface area contributed by atoms with Gasteiger partial charge in [-0.15, -0.1) is 0 Å². The average molecular weight is 250 g/mol. The van der Waals surface area contributed by atoms with Crippen LogP contribution in [0.3, 0.4) is 0 Å². The molecular formula is C16H26O2. The molecule has 102 valence electrons. The van der Waals surface area contributed by atoms with Gasteiger partial charge in [-0.2, -0.15) is 0 Å². The molecule has 2 heteroatoms. The van der Waals surface area contributed by atoms with E-state index in [1.54, 1.807) is 0 Å². The second kappa shape index (κ2) is 4.35. The van der Waals surface area contributed by atoms with Crippen LogP contribution in [-0.2, 0) is 4.74 Å². The SMILES string of the molecule is C=C1[C@H]2[C@H](CO)C[C@H]([C@H]2OC)[C@]1(C)C1CCCC1. The molecule has 5 atom stereocenters. The molecule has 3 rings (SSSR count). The molecule has 0 amide bonds. The Hall–Kier alpha value is -0.340. The first-order valence-corrected chi connectivity index (χ1v) is 7.47. The van der Waals surface area contributed by atoms with Crippen molar-refractivity contribution in [1.82, 2.24) is 0 Å². The van der Waals surface area contributed by atoms with Crippen LogP contribution in [0.25, 0.3) is 0 Å². The summed E-state index contributed by atoms with van der Waals surface area (Å²) in [5.74, 6) is 2.18. The standard InChI is InChI=1S/C16H26O2/c1-10-14-11(9-17)8-13(15(14)18-3)16(10,2)12-6-4-5-7-12/h11-15,17H,1,4-9H2,2-3H3/t11-,13+,14-,15+,16-/m0/s1. The lowest BCUT2D eigenvalue weighted by Gasteiger charge is -2.43. The van der Waals surface area contributed by atoms with E-state index >= 15 is 0 Å². The normalized spacial score (nSPS) is 48.3. The van der Waals surface area contributed by atoms with Crippen LogP contribution >= 0.6 is 0 Å². The third kappa shape index (κ3) is 1.42. The van der Waals surface area contributed by atoms with Gasteiger partial charge in [0, 0.05) is 19.6 Å². The van der Waals surface area contributed by atoms with Crippen LogP contribution in [0.4, 0.5) is 0 Å². The fraction of sp³-hybridized carbons (Fsp3) is 0.875. The van der Waals surface area contributed by atoms with E-state index in [2.05, 4.69) is 13.5 Å². The Morgan fingerprint density at radius 2 is 2.06 bits per heavy atom. The molecule has 2 nitrogen and oxygen atoms in total. The minimum absolute atomic E-state index is 0.271. The minimum Gasteiger partial charge on any atom is -0.396 e. The van der Waals surface area contributed by atoms with Crippen molar-refractivity contribution < 1.29 is 9.84 Å². The summed E-state index contributed by atoms with van der Waals surface area (Å²) in [6.45, 7) is 7.16. The topological polar surface area (TPSA) is 29.5 Å². The van der Waals surface area contributed by atoms with E-state index in [0.29, 0.717) is 30.5 Å². The zero-order valence-electron chi connectivity index (χ0n) is 11.7. The van der Waals surface area contributed by atoms with Crippen LogP contribution in [0.5, 0.6) is 0 Å². The molecule has 0 spiro atoms. The summed E-state index contributed by atoms with van der Waals surface area (Å²) in [6.07, 6.45) is 6.92. The lowest BCUT2D eigenvalue weighted by atomic mass is 9.61. The lowest BCUT2D eigenvalue weighted by Crippen LogP contribution is -2.37. The molecular weight excluding hydrogens is 224 g/mol. The minimum atomic E-state index is 0.271. The van der Waals surface area contributed by atoms with Crippen molar-refractivity contribution in [3.63, 3.8) is 0 Å². The number of fused-ring (bicyclic) bond motifs is 2. The van der Waals surface area contributed by atoms with Gasteiger partial charge in [-0.3, -0.25) is 0 Å². The Balaban J connectivity index is 1.92.